The summed E-state index contributed by atoms with van der Waals surface area (Å²) in [6, 6.07) is 0. The molecule has 0 radical (unpaired) electrons. The van der Waals surface area contributed by atoms with Crippen molar-refractivity contribution in [2.75, 3.05) is 0 Å². The van der Waals surface area contributed by atoms with Crippen LogP contribution in [0.15, 0.2) is 0 Å². The topological polar surface area (TPSA) is 80.9 Å². The van der Waals surface area contributed by atoms with Crippen LogP contribution < -0.4 is 0 Å². The van der Waals surface area contributed by atoms with Gasteiger partial charge in [0, 0.05) is 12.5 Å². The average Bonchev–Trinajstić information content (AvgIpc) is 2.71. The number of carboxylic acids is 1. The van der Waals surface area contributed by atoms with Crippen LogP contribution in [0.3, 0.4) is 0 Å². The van der Waals surface area contributed by atoms with Crippen molar-refractivity contribution in [3.63, 3.8) is 0 Å². The van der Waals surface area contributed by atoms with Gasteiger partial charge in [0.05, 0.1) is 5.92 Å². The Hall–Kier alpha value is -1.46. The van der Waals surface area contributed by atoms with Crippen LogP contribution in [-0.4, -0.2) is 31.3 Å². The van der Waals surface area contributed by atoms with Crippen LogP contribution in [0.5, 0.6) is 0 Å². The highest BCUT2D eigenvalue weighted by molar-refractivity contribution is 5.69. The van der Waals surface area contributed by atoms with E-state index >= 15 is 0 Å². The third-order valence-corrected chi connectivity index (χ3v) is 3.58. The first-order valence-electron chi connectivity index (χ1n) is 5.90. The molecule has 0 aromatic carbocycles. The average molecular weight is 238 g/mol. The lowest BCUT2D eigenvalue weighted by Gasteiger charge is -2.08. The summed E-state index contributed by atoms with van der Waals surface area (Å²) < 4.78 is 1.75. The SMILES string of the molecule is CC(CCn1nnnc1C1CC1(C)C)C(=O)O. The minimum Gasteiger partial charge on any atom is -0.481 e. The molecule has 1 aliphatic carbocycles. The van der Waals surface area contributed by atoms with Crippen molar-refractivity contribution in [2.45, 2.75) is 46.1 Å². The maximum Gasteiger partial charge on any atom is 0.306 e. The van der Waals surface area contributed by atoms with E-state index in [1.807, 2.05) is 0 Å². The maximum atomic E-state index is 10.7. The summed E-state index contributed by atoms with van der Waals surface area (Å²) in [6.45, 7) is 6.66. The third-order valence-electron chi connectivity index (χ3n) is 3.58. The number of aryl methyl sites for hydroxylation is 1. The molecule has 6 heteroatoms. The zero-order valence-electron chi connectivity index (χ0n) is 10.4. The standard InChI is InChI=1S/C11H18N4O2/c1-7(10(16)17)4-5-15-9(12-13-14-15)8-6-11(8,2)3/h7-8H,4-6H2,1-3H3,(H,16,17). The van der Waals surface area contributed by atoms with Gasteiger partial charge in [0.2, 0.25) is 0 Å². The van der Waals surface area contributed by atoms with E-state index in [0.717, 1.165) is 12.2 Å². The number of carboxylic acid groups (broad SMARTS) is 1. The molecule has 1 aliphatic rings. The van der Waals surface area contributed by atoms with Crippen molar-refractivity contribution >= 4 is 5.97 Å². The number of tetrazole rings is 1. The van der Waals surface area contributed by atoms with Gasteiger partial charge >= 0.3 is 5.97 Å². The minimum atomic E-state index is -0.772. The molecular weight excluding hydrogens is 220 g/mol. The molecule has 1 saturated carbocycles. The van der Waals surface area contributed by atoms with Crippen molar-refractivity contribution in [3.8, 4) is 0 Å². The number of nitrogens with zero attached hydrogens (tertiary/aromatic N) is 4. The van der Waals surface area contributed by atoms with Crippen LogP contribution in [-0.2, 0) is 11.3 Å². The van der Waals surface area contributed by atoms with E-state index in [0.29, 0.717) is 18.9 Å². The molecule has 1 aromatic heterocycles. The van der Waals surface area contributed by atoms with Crippen molar-refractivity contribution in [3.05, 3.63) is 5.82 Å². The van der Waals surface area contributed by atoms with Gasteiger partial charge in [-0.25, -0.2) is 4.68 Å². The van der Waals surface area contributed by atoms with E-state index in [4.69, 9.17) is 5.11 Å². The van der Waals surface area contributed by atoms with E-state index in [1.54, 1.807) is 11.6 Å². The fourth-order valence-electron chi connectivity index (χ4n) is 1.97. The Labute approximate surface area is 100 Å². The van der Waals surface area contributed by atoms with E-state index in [-0.39, 0.29) is 11.3 Å². The molecule has 0 bridgehead atoms. The number of hydrogen-bond acceptors (Lipinski definition) is 4. The number of hydrogen-bond donors (Lipinski definition) is 1. The highest BCUT2D eigenvalue weighted by Crippen LogP contribution is 2.57. The Bertz CT molecular complexity index is 427. The Morgan fingerprint density at radius 3 is 2.82 bits per heavy atom. The summed E-state index contributed by atoms with van der Waals surface area (Å²) in [5.41, 5.74) is 0.283. The fourth-order valence-corrected chi connectivity index (χ4v) is 1.97. The number of rotatable bonds is 5. The predicted octanol–water partition coefficient (Wildman–Crippen LogP) is 1.30. The lowest BCUT2D eigenvalue weighted by molar-refractivity contribution is -0.141. The normalized spacial score (nSPS) is 23.4. The number of aromatic nitrogens is 4. The van der Waals surface area contributed by atoms with Crippen molar-refractivity contribution in [2.24, 2.45) is 11.3 Å². The number of carbonyl (C=O) groups is 1. The number of aliphatic carboxylic acids is 1. The predicted molar refractivity (Wildman–Crippen MR) is 60.4 cm³/mol. The minimum absolute atomic E-state index is 0.283. The van der Waals surface area contributed by atoms with Gasteiger partial charge in [-0.05, 0) is 28.7 Å². The summed E-state index contributed by atoms with van der Waals surface area (Å²) in [6.07, 6.45) is 1.66. The Morgan fingerprint density at radius 1 is 1.65 bits per heavy atom. The second kappa shape index (κ2) is 4.09. The summed E-state index contributed by atoms with van der Waals surface area (Å²) in [5, 5.41) is 20.5. The van der Waals surface area contributed by atoms with Crippen molar-refractivity contribution < 1.29 is 9.90 Å². The van der Waals surface area contributed by atoms with Crippen LogP contribution in [0.2, 0.25) is 0 Å². The molecule has 6 nitrogen and oxygen atoms in total. The molecule has 2 atom stereocenters. The van der Waals surface area contributed by atoms with Gasteiger partial charge in [-0.15, -0.1) is 5.10 Å². The van der Waals surface area contributed by atoms with E-state index in [9.17, 15) is 4.79 Å². The van der Waals surface area contributed by atoms with Gasteiger partial charge in [-0.3, -0.25) is 4.79 Å². The van der Waals surface area contributed by atoms with Gasteiger partial charge in [-0.1, -0.05) is 20.8 Å². The van der Waals surface area contributed by atoms with Crippen molar-refractivity contribution in [1.82, 2.24) is 20.2 Å². The van der Waals surface area contributed by atoms with E-state index < -0.39 is 5.97 Å². The maximum absolute atomic E-state index is 10.7. The second-order valence-electron chi connectivity index (χ2n) is 5.53. The second-order valence-corrected chi connectivity index (χ2v) is 5.53. The molecule has 17 heavy (non-hydrogen) atoms. The summed E-state index contributed by atoms with van der Waals surface area (Å²) >= 11 is 0. The van der Waals surface area contributed by atoms with Crippen LogP contribution in [0.1, 0.15) is 45.4 Å². The van der Waals surface area contributed by atoms with E-state index in [1.165, 1.54) is 0 Å². The monoisotopic (exact) mass is 238 g/mol. The zero-order chi connectivity index (χ0) is 12.6. The van der Waals surface area contributed by atoms with Crippen LogP contribution in [0.25, 0.3) is 0 Å². The largest absolute Gasteiger partial charge is 0.481 e. The molecule has 2 rings (SSSR count). The molecule has 1 N–H and O–H groups in total. The first-order chi connectivity index (χ1) is 7.92. The summed E-state index contributed by atoms with van der Waals surface area (Å²) in [4.78, 5) is 10.7. The smallest absolute Gasteiger partial charge is 0.306 e. The van der Waals surface area contributed by atoms with Crippen LogP contribution in [0.4, 0.5) is 0 Å². The molecule has 1 aromatic rings. The molecule has 2 unspecified atom stereocenters. The van der Waals surface area contributed by atoms with Gasteiger partial charge in [-0.2, -0.15) is 0 Å². The molecule has 0 aliphatic heterocycles. The molecule has 0 spiro atoms. The van der Waals surface area contributed by atoms with Gasteiger partial charge in [0.25, 0.3) is 0 Å². The fraction of sp³-hybridized carbons (Fsp3) is 0.818. The van der Waals surface area contributed by atoms with E-state index in [2.05, 4.69) is 29.4 Å². The summed E-state index contributed by atoms with van der Waals surface area (Å²) in [7, 11) is 0. The molecule has 1 fully saturated rings. The Kier molecular flexibility index (Phi) is 2.89. The quantitative estimate of drug-likeness (QED) is 0.836. The van der Waals surface area contributed by atoms with Gasteiger partial charge in [0.1, 0.15) is 0 Å². The molecular formula is C11H18N4O2. The Balaban J connectivity index is 1.98. The first kappa shape index (κ1) is 12.0. The highest BCUT2D eigenvalue weighted by Gasteiger charge is 2.49. The van der Waals surface area contributed by atoms with Gasteiger partial charge in [0.15, 0.2) is 5.82 Å². The van der Waals surface area contributed by atoms with Crippen molar-refractivity contribution in [1.29, 1.82) is 0 Å². The molecule has 94 valence electrons. The molecule has 0 amide bonds. The molecule has 1 heterocycles. The lowest BCUT2D eigenvalue weighted by Crippen LogP contribution is -2.15. The van der Waals surface area contributed by atoms with Crippen LogP contribution in [0, 0.1) is 11.3 Å². The third kappa shape index (κ3) is 2.45. The molecule has 0 saturated heterocycles. The zero-order valence-corrected chi connectivity index (χ0v) is 10.4. The first-order valence-corrected chi connectivity index (χ1v) is 5.90. The summed E-state index contributed by atoms with van der Waals surface area (Å²) in [5.74, 6) is 0.177. The van der Waals surface area contributed by atoms with Gasteiger partial charge < -0.3 is 5.11 Å². The highest BCUT2D eigenvalue weighted by atomic mass is 16.4. The lowest BCUT2D eigenvalue weighted by atomic mass is 10.1. The Morgan fingerprint density at radius 2 is 2.29 bits per heavy atom. The van der Waals surface area contributed by atoms with Crippen LogP contribution >= 0.6 is 0 Å².